The second-order valence-corrected chi connectivity index (χ2v) is 16.5. The highest BCUT2D eigenvalue weighted by Crippen LogP contribution is 2.41. The van der Waals surface area contributed by atoms with Crippen LogP contribution in [-0.4, -0.2) is 133 Å². The van der Waals surface area contributed by atoms with E-state index in [1.54, 1.807) is 44.1 Å². The van der Waals surface area contributed by atoms with E-state index in [0.717, 1.165) is 37.7 Å². The summed E-state index contributed by atoms with van der Waals surface area (Å²) in [5, 5.41) is 16.2. The Morgan fingerprint density at radius 1 is 1.06 bits per heavy atom. The molecule has 2 saturated heterocycles. The van der Waals surface area contributed by atoms with Crippen molar-refractivity contribution in [1.82, 2.24) is 25.3 Å². The van der Waals surface area contributed by atoms with Gasteiger partial charge in [0.25, 0.3) is 0 Å². The molecular formula is C41H68N6O7. The average Bonchev–Trinajstić information content (AvgIpc) is 3.90. The molecule has 0 aromatic heterocycles. The van der Waals surface area contributed by atoms with Crippen molar-refractivity contribution < 1.29 is 33.8 Å². The van der Waals surface area contributed by atoms with Crippen LogP contribution in [0.3, 0.4) is 0 Å². The first kappa shape index (κ1) is 43.5. The third-order valence-electron chi connectivity index (χ3n) is 12.7. The number of aliphatic hydroxyl groups excluding tert-OH is 1. The Hall–Kier alpha value is -3.26. The van der Waals surface area contributed by atoms with E-state index in [-0.39, 0.29) is 60.6 Å². The van der Waals surface area contributed by atoms with Gasteiger partial charge < -0.3 is 40.7 Å². The minimum absolute atomic E-state index is 0.00599. The molecule has 0 spiro atoms. The molecule has 1 aromatic carbocycles. The minimum Gasteiger partial charge on any atom is -0.399 e. The van der Waals surface area contributed by atoms with Crippen LogP contribution in [0, 0.1) is 23.7 Å². The molecule has 13 heteroatoms. The van der Waals surface area contributed by atoms with E-state index in [9.17, 15) is 24.3 Å². The van der Waals surface area contributed by atoms with Gasteiger partial charge in [-0.3, -0.25) is 24.1 Å². The van der Waals surface area contributed by atoms with Gasteiger partial charge in [0.05, 0.1) is 55.3 Å². The second-order valence-electron chi connectivity index (χ2n) is 16.5. The van der Waals surface area contributed by atoms with Gasteiger partial charge in [0.1, 0.15) is 6.04 Å². The van der Waals surface area contributed by atoms with Crippen molar-refractivity contribution in [3.05, 3.63) is 29.8 Å². The van der Waals surface area contributed by atoms with E-state index >= 15 is 0 Å². The van der Waals surface area contributed by atoms with Crippen LogP contribution >= 0.6 is 0 Å². The van der Waals surface area contributed by atoms with Crippen LogP contribution in [0.25, 0.3) is 0 Å². The fraction of sp³-hybridized carbons (Fsp3) is 0.756. The number of methoxy groups -OCH3 is 2. The lowest BCUT2D eigenvalue weighted by Gasteiger charge is -2.41. The number of nitrogens with zero attached hydrogens (tertiary/aromatic N) is 3. The molecule has 1 saturated carbocycles. The Balaban J connectivity index is 1.44. The van der Waals surface area contributed by atoms with Crippen molar-refractivity contribution in [2.24, 2.45) is 23.7 Å². The van der Waals surface area contributed by atoms with E-state index in [1.165, 1.54) is 0 Å². The number of fused-ring (bicyclic) bond motifs is 2. The number of nitrogens with one attached hydrogen (secondary N) is 2. The first-order valence-corrected chi connectivity index (χ1v) is 20.1. The summed E-state index contributed by atoms with van der Waals surface area (Å²) in [5.41, 5.74) is 7.44. The van der Waals surface area contributed by atoms with Gasteiger partial charge in [0.2, 0.25) is 23.6 Å². The summed E-state index contributed by atoms with van der Waals surface area (Å²) in [4.78, 5) is 61.4. The normalized spacial score (nSPS) is 25.1. The van der Waals surface area contributed by atoms with Crippen molar-refractivity contribution in [3.63, 3.8) is 0 Å². The number of rotatable bonds is 19. The number of piperidine rings is 1. The van der Waals surface area contributed by atoms with E-state index in [4.69, 9.17) is 15.2 Å². The summed E-state index contributed by atoms with van der Waals surface area (Å²) in [6, 6.07) is 5.56. The number of hydrogen-bond donors (Lipinski definition) is 4. The minimum atomic E-state index is -0.718. The summed E-state index contributed by atoms with van der Waals surface area (Å²) >= 11 is 0. The first-order valence-electron chi connectivity index (χ1n) is 20.1. The van der Waals surface area contributed by atoms with Gasteiger partial charge in [0, 0.05) is 39.5 Å². The van der Waals surface area contributed by atoms with Gasteiger partial charge in [-0.25, -0.2) is 0 Å². The molecule has 2 bridgehead atoms. The molecule has 11 atom stereocenters. The molecule has 0 radical (unpaired) electrons. The fourth-order valence-corrected chi connectivity index (χ4v) is 9.38. The molecule has 1 aliphatic carbocycles. The monoisotopic (exact) mass is 757 g/mol. The smallest absolute Gasteiger partial charge is 0.245 e. The van der Waals surface area contributed by atoms with Gasteiger partial charge in [-0.1, -0.05) is 53.2 Å². The standard InChI is InChI=1S/C41H68N6O7/c1-10-25(4)36(46(7)41(52)35(24(2)3)44-40(51)37-28-16-17-31(21-28)45(37)6)33(53-8)22-34(49)47-18-12-15-32(47)38(54-9)26(5)39(50)43-30(23-48)20-27-13-11-14-29(42)19-27/h11,13-14,19,24-26,28,30-33,35-38,48H,10,12,15-18,20-23,42H2,1-9H3,(H,43,50)(H,44,51)/t25?,26?,28-,30?,31+,32-,33?,35?,36?,37-,38?/m0/s1. The van der Waals surface area contributed by atoms with Gasteiger partial charge in [-0.05, 0) is 81.0 Å². The fourth-order valence-electron chi connectivity index (χ4n) is 9.38. The summed E-state index contributed by atoms with van der Waals surface area (Å²) in [5.74, 6) is -1.13. The number of benzene rings is 1. The Morgan fingerprint density at radius 3 is 2.35 bits per heavy atom. The summed E-state index contributed by atoms with van der Waals surface area (Å²) in [7, 11) is 6.90. The lowest BCUT2D eigenvalue weighted by molar-refractivity contribution is -0.148. The number of carbonyl (C=O) groups is 4. The Kier molecular flexibility index (Phi) is 15.7. The van der Waals surface area contributed by atoms with E-state index in [1.807, 2.05) is 39.1 Å². The largest absolute Gasteiger partial charge is 0.399 e. The van der Waals surface area contributed by atoms with Crippen LogP contribution in [0.5, 0.6) is 0 Å². The van der Waals surface area contributed by atoms with E-state index < -0.39 is 36.3 Å². The number of carbonyl (C=O) groups excluding carboxylic acids is 4. The molecule has 3 fully saturated rings. The van der Waals surface area contributed by atoms with E-state index in [0.29, 0.717) is 37.0 Å². The number of hydrogen-bond acceptors (Lipinski definition) is 9. The molecule has 304 valence electrons. The number of nitrogen functional groups attached to an aromatic ring is 1. The van der Waals surface area contributed by atoms with Gasteiger partial charge in [0.15, 0.2) is 0 Å². The molecule has 2 heterocycles. The quantitative estimate of drug-likeness (QED) is 0.155. The molecule has 3 aliphatic rings. The number of ether oxygens (including phenoxy) is 2. The number of anilines is 1. The molecule has 54 heavy (non-hydrogen) atoms. The highest BCUT2D eigenvalue weighted by molar-refractivity contribution is 5.90. The Morgan fingerprint density at radius 2 is 1.78 bits per heavy atom. The topological polar surface area (TPSA) is 167 Å². The van der Waals surface area contributed by atoms with Crippen LogP contribution in [0.15, 0.2) is 24.3 Å². The van der Waals surface area contributed by atoms with Crippen LogP contribution in [0.2, 0.25) is 0 Å². The lowest BCUT2D eigenvalue weighted by Crippen LogP contribution is -2.60. The average molecular weight is 757 g/mol. The van der Waals surface area contributed by atoms with E-state index in [2.05, 4.69) is 29.4 Å². The summed E-state index contributed by atoms with van der Waals surface area (Å²) in [6.45, 7) is 10.1. The van der Waals surface area contributed by atoms with Crippen molar-refractivity contribution in [3.8, 4) is 0 Å². The van der Waals surface area contributed by atoms with Crippen molar-refractivity contribution in [2.45, 2.75) is 134 Å². The second kappa shape index (κ2) is 19.6. The molecule has 5 N–H and O–H groups in total. The molecule has 7 unspecified atom stereocenters. The van der Waals surface area contributed by atoms with Crippen molar-refractivity contribution in [2.75, 3.05) is 47.2 Å². The first-order chi connectivity index (χ1) is 25.7. The predicted molar refractivity (Wildman–Crippen MR) is 209 cm³/mol. The summed E-state index contributed by atoms with van der Waals surface area (Å²) in [6.07, 6.45) is 4.64. The Labute approximate surface area is 323 Å². The molecule has 1 aromatic rings. The molecule has 4 amide bonds. The molecule has 4 rings (SSSR count). The highest BCUT2D eigenvalue weighted by Gasteiger charge is 2.48. The van der Waals surface area contributed by atoms with Crippen LogP contribution in [0.1, 0.15) is 85.1 Å². The third-order valence-corrected chi connectivity index (χ3v) is 12.7. The maximum atomic E-state index is 14.3. The van der Waals surface area contributed by atoms with Gasteiger partial charge in [-0.2, -0.15) is 0 Å². The summed E-state index contributed by atoms with van der Waals surface area (Å²) < 4.78 is 12.0. The SMILES string of the molecule is CCC(C)C(C(CC(=O)N1CCC[C@H]1C(OC)C(C)C(=O)NC(CO)Cc1cccc(N)c1)OC)N(C)C(=O)C(NC(=O)[C@@H]1[C@H]2CC[C@H](C2)N1C)C(C)C. The highest BCUT2D eigenvalue weighted by atomic mass is 16.5. The predicted octanol–water partition coefficient (Wildman–Crippen LogP) is 2.83. The number of likely N-dealkylation sites (N-methyl/N-ethyl adjacent to an activating group) is 2. The lowest BCUT2D eigenvalue weighted by atomic mass is 9.89. The maximum absolute atomic E-state index is 14.3. The van der Waals surface area contributed by atoms with Crippen molar-refractivity contribution in [1.29, 1.82) is 0 Å². The number of aliphatic hydroxyl groups is 1. The molecule has 2 aliphatic heterocycles. The zero-order chi connectivity index (χ0) is 39.9. The third kappa shape index (κ3) is 9.94. The van der Waals surface area contributed by atoms with Crippen LogP contribution in [-0.2, 0) is 35.1 Å². The van der Waals surface area contributed by atoms with Crippen LogP contribution in [0.4, 0.5) is 5.69 Å². The van der Waals surface area contributed by atoms with Crippen molar-refractivity contribution >= 4 is 29.3 Å². The zero-order valence-corrected chi connectivity index (χ0v) is 34.1. The number of likely N-dealkylation sites (tertiary alicyclic amines) is 2. The van der Waals surface area contributed by atoms with Gasteiger partial charge >= 0.3 is 0 Å². The van der Waals surface area contributed by atoms with Gasteiger partial charge in [-0.15, -0.1) is 0 Å². The number of nitrogens with two attached hydrogens (primary N) is 1. The van der Waals surface area contributed by atoms with Crippen LogP contribution < -0.4 is 16.4 Å². The number of amides is 4. The maximum Gasteiger partial charge on any atom is 0.245 e. The molecule has 13 nitrogen and oxygen atoms in total. The Bertz CT molecular complexity index is 1430. The zero-order valence-electron chi connectivity index (χ0n) is 34.1. The molecular weight excluding hydrogens is 688 g/mol.